The second kappa shape index (κ2) is 8.86. The van der Waals surface area contributed by atoms with Gasteiger partial charge >= 0.3 is 0 Å². The lowest BCUT2D eigenvalue weighted by atomic mass is 10.2. The van der Waals surface area contributed by atoms with E-state index < -0.39 is 0 Å². The van der Waals surface area contributed by atoms with Crippen molar-refractivity contribution in [1.82, 2.24) is 4.90 Å². The number of nitrogens with zero attached hydrogens (tertiary/aromatic N) is 1. The average Bonchev–Trinajstić information content (AvgIpc) is 2.14. The Labute approximate surface area is 93.8 Å². The number of ether oxygens (including phenoxy) is 1. The van der Waals surface area contributed by atoms with Crippen molar-refractivity contribution in [2.45, 2.75) is 33.6 Å². The van der Waals surface area contributed by atoms with Gasteiger partial charge in [0.25, 0.3) is 0 Å². The molecule has 0 aromatic heterocycles. The van der Waals surface area contributed by atoms with Crippen LogP contribution in [-0.2, 0) is 9.53 Å². The van der Waals surface area contributed by atoms with Gasteiger partial charge in [0.15, 0.2) is 5.78 Å². The summed E-state index contributed by atoms with van der Waals surface area (Å²) >= 11 is 0. The highest BCUT2D eigenvalue weighted by Crippen LogP contribution is 2.00. The number of unbranched alkanes of at least 4 members (excludes halogenated alkanes) is 1. The minimum absolute atomic E-state index is 0.0986. The summed E-state index contributed by atoms with van der Waals surface area (Å²) in [6, 6.07) is 0. The molecule has 0 rings (SSSR count). The molecule has 0 aliphatic heterocycles. The number of ketones is 1. The number of hydrogen-bond donors (Lipinski definition) is 0. The van der Waals surface area contributed by atoms with Gasteiger partial charge < -0.3 is 9.64 Å². The zero-order chi connectivity index (χ0) is 11.7. The van der Waals surface area contributed by atoms with Gasteiger partial charge in [-0.1, -0.05) is 20.3 Å². The maximum Gasteiger partial charge on any atom is 0.155 e. The monoisotopic (exact) mass is 215 g/mol. The van der Waals surface area contributed by atoms with E-state index in [1.54, 1.807) is 6.92 Å². The second-order valence-electron chi connectivity index (χ2n) is 4.44. The summed E-state index contributed by atoms with van der Waals surface area (Å²) < 4.78 is 5.29. The third kappa shape index (κ3) is 9.88. The lowest BCUT2D eigenvalue weighted by molar-refractivity contribution is -0.121. The molecule has 90 valence electrons. The van der Waals surface area contributed by atoms with E-state index in [0.29, 0.717) is 12.5 Å². The molecule has 0 saturated carbocycles. The first-order valence-corrected chi connectivity index (χ1v) is 5.82. The summed E-state index contributed by atoms with van der Waals surface area (Å²) in [4.78, 5) is 13.0. The van der Waals surface area contributed by atoms with E-state index in [2.05, 4.69) is 25.8 Å². The molecule has 0 amide bonds. The summed E-state index contributed by atoms with van der Waals surface area (Å²) in [5.74, 6) is 0.591. The zero-order valence-electron chi connectivity index (χ0n) is 10.6. The van der Waals surface area contributed by atoms with E-state index in [9.17, 15) is 4.79 Å². The molecule has 0 heterocycles. The third-order valence-corrected chi connectivity index (χ3v) is 2.22. The Bertz CT molecular complexity index is 171. The van der Waals surface area contributed by atoms with Crippen LogP contribution < -0.4 is 0 Å². The van der Waals surface area contributed by atoms with Crippen molar-refractivity contribution >= 4 is 5.78 Å². The van der Waals surface area contributed by atoms with Crippen molar-refractivity contribution in [3.8, 4) is 0 Å². The van der Waals surface area contributed by atoms with Crippen LogP contribution in [0.1, 0.15) is 33.6 Å². The molecule has 0 N–H and O–H groups in total. The highest BCUT2D eigenvalue weighted by Gasteiger charge is 2.06. The molecule has 0 spiro atoms. The standard InChI is InChI=1S/C12H25NO2/c1-5-6-7-13(4)8-11(2)9-15-10-12(3)14/h11H,5-10H2,1-4H3. The highest BCUT2D eigenvalue weighted by molar-refractivity contribution is 5.76. The molecule has 0 aliphatic rings. The van der Waals surface area contributed by atoms with Gasteiger partial charge in [-0.05, 0) is 32.9 Å². The van der Waals surface area contributed by atoms with Crippen LogP contribution >= 0.6 is 0 Å². The Morgan fingerprint density at radius 3 is 2.67 bits per heavy atom. The topological polar surface area (TPSA) is 29.5 Å². The van der Waals surface area contributed by atoms with Crippen molar-refractivity contribution < 1.29 is 9.53 Å². The van der Waals surface area contributed by atoms with Crippen molar-refractivity contribution in [2.75, 3.05) is 33.4 Å². The number of hydrogen-bond acceptors (Lipinski definition) is 3. The van der Waals surface area contributed by atoms with Crippen molar-refractivity contribution in [3.63, 3.8) is 0 Å². The van der Waals surface area contributed by atoms with Gasteiger partial charge in [0, 0.05) is 6.54 Å². The Morgan fingerprint density at radius 2 is 2.13 bits per heavy atom. The largest absolute Gasteiger partial charge is 0.373 e. The number of carbonyl (C=O) groups is 1. The van der Waals surface area contributed by atoms with E-state index in [4.69, 9.17) is 4.74 Å². The maximum atomic E-state index is 10.7. The average molecular weight is 215 g/mol. The van der Waals surface area contributed by atoms with Crippen LogP contribution in [0.2, 0.25) is 0 Å². The minimum Gasteiger partial charge on any atom is -0.373 e. The first-order chi connectivity index (χ1) is 7.06. The molecule has 0 fully saturated rings. The lowest BCUT2D eigenvalue weighted by Gasteiger charge is -2.20. The second-order valence-corrected chi connectivity index (χ2v) is 4.44. The predicted octanol–water partition coefficient (Wildman–Crippen LogP) is 1.96. The molecule has 0 bridgehead atoms. The fourth-order valence-corrected chi connectivity index (χ4v) is 1.51. The van der Waals surface area contributed by atoms with E-state index in [1.165, 1.54) is 12.8 Å². The Balaban J connectivity index is 3.46. The quantitative estimate of drug-likeness (QED) is 0.589. The third-order valence-electron chi connectivity index (χ3n) is 2.22. The normalized spacial score (nSPS) is 13.1. The summed E-state index contributed by atoms with van der Waals surface area (Å²) in [5.41, 5.74) is 0. The van der Waals surface area contributed by atoms with Crippen LogP contribution in [0, 0.1) is 5.92 Å². The molecule has 3 heteroatoms. The molecule has 0 aromatic rings. The number of Topliss-reactive ketones (excluding diaryl/α,β-unsaturated/α-hetero) is 1. The SMILES string of the molecule is CCCCN(C)CC(C)COCC(C)=O. The Hall–Kier alpha value is -0.410. The molecule has 0 aliphatic carbocycles. The first-order valence-electron chi connectivity index (χ1n) is 5.82. The van der Waals surface area contributed by atoms with Crippen LogP contribution in [0.4, 0.5) is 0 Å². The van der Waals surface area contributed by atoms with Gasteiger partial charge in [0.05, 0.1) is 6.61 Å². The van der Waals surface area contributed by atoms with Gasteiger partial charge in [-0.15, -0.1) is 0 Å². The summed E-state index contributed by atoms with van der Waals surface area (Å²) in [5, 5.41) is 0. The zero-order valence-corrected chi connectivity index (χ0v) is 10.6. The summed E-state index contributed by atoms with van der Waals surface area (Å²) in [6.45, 7) is 9.03. The van der Waals surface area contributed by atoms with Crippen LogP contribution in [0.3, 0.4) is 0 Å². The van der Waals surface area contributed by atoms with Crippen LogP contribution in [0.15, 0.2) is 0 Å². The van der Waals surface area contributed by atoms with Gasteiger partial charge in [0.2, 0.25) is 0 Å². The number of carbonyl (C=O) groups excluding carboxylic acids is 1. The molecule has 3 nitrogen and oxygen atoms in total. The molecule has 1 unspecified atom stereocenters. The van der Waals surface area contributed by atoms with Crippen molar-refractivity contribution in [3.05, 3.63) is 0 Å². The molecule has 15 heavy (non-hydrogen) atoms. The maximum absolute atomic E-state index is 10.7. The van der Waals surface area contributed by atoms with Crippen molar-refractivity contribution in [1.29, 1.82) is 0 Å². The lowest BCUT2D eigenvalue weighted by Crippen LogP contribution is -2.28. The summed E-state index contributed by atoms with van der Waals surface area (Å²) in [7, 11) is 2.14. The van der Waals surface area contributed by atoms with Gasteiger partial charge in [-0.2, -0.15) is 0 Å². The van der Waals surface area contributed by atoms with Crippen LogP contribution in [0.5, 0.6) is 0 Å². The predicted molar refractivity (Wildman–Crippen MR) is 63.1 cm³/mol. The summed E-state index contributed by atoms with van der Waals surface area (Å²) in [6.07, 6.45) is 2.48. The highest BCUT2D eigenvalue weighted by atomic mass is 16.5. The van der Waals surface area contributed by atoms with Crippen molar-refractivity contribution in [2.24, 2.45) is 5.92 Å². The molecule has 1 atom stereocenters. The van der Waals surface area contributed by atoms with Gasteiger partial charge in [-0.3, -0.25) is 4.79 Å². The van der Waals surface area contributed by atoms with E-state index >= 15 is 0 Å². The molecular weight excluding hydrogens is 190 g/mol. The fraction of sp³-hybridized carbons (Fsp3) is 0.917. The molecule has 0 aromatic carbocycles. The molecule has 0 radical (unpaired) electrons. The van der Waals surface area contributed by atoms with Crippen LogP contribution in [0.25, 0.3) is 0 Å². The Morgan fingerprint density at radius 1 is 1.47 bits per heavy atom. The fourth-order valence-electron chi connectivity index (χ4n) is 1.51. The first kappa shape index (κ1) is 14.6. The van der Waals surface area contributed by atoms with E-state index in [1.807, 2.05) is 0 Å². The van der Waals surface area contributed by atoms with E-state index in [0.717, 1.165) is 13.1 Å². The number of rotatable bonds is 9. The molecular formula is C12H25NO2. The van der Waals surface area contributed by atoms with E-state index in [-0.39, 0.29) is 12.4 Å². The van der Waals surface area contributed by atoms with Gasteiger partial charge in [0.1, 0.15) is 6.61 Å². The van der Waals surface area contributed by atoms with Crippen LogP contribution in [-0.4, -0.2) is 44.0 Å². The minimum atomic E-state index is 0.0986. The molecule has 0 saturated heterocycles. The van der Waals surface area contributed by atoms with Gasteiger partial charge in [-0.25, -0.2) is 0 Å². The smallest absolute Gasteiger partial charge is 0.155 e. The Kier molecular flexibility index (Phi) is 8.62.